The second kappa shape index (κ2) is 9.09. The van der Waals surface area contributed by atoms with Gasteiger partial charge in [-0.1, -0.05) is 12.1 Å². The number of rotatable bonds is 4. The van der Waals surface area contributed by atoms with Crippen LogP contribution in [0.3, 0.4) is 0 Å². The molecule has 3 aromatic carbocycles. The standard InChI is InChI=1S/C26H21F3N2O4/c27-18-7-5-16(13-20(18)29)31-21-2-1-3-22(32)24(21)23(25(31)14-8-10-35-11-9-14)15-4-6-17(19(28)12-15)26(33)30-34/h1-7,12-14,32,34H,8-11H2,(H,30,33). The van der Waals surface area contributed by atoms with Gasteiger partial charge in [0.15, 0.2) is 11.6 Å². The van der Waals surface area contributed by atoms with E-state index in [0.717, 1.165) is 18.2 Å². The number of phenolic OH excluding ortho intramolecular Hbond substituents is 1. The van der Waals surface area contributed by atoms with E-state index in [1.165, 1.54) is 29.7 Å². The Morgan fingerprint density at radius 2 is 1.74 bits per heavy atom. The SMILES string of the molecule is O=C(NO)c1ccc(-c2c(C3CCOCC3)n(-c3ccc(F)c(F)c3)c3cccc(O)c23)cc1F. The summed E-state index contributed by atoms with van der Waals surface area (Å²) in [5, 5.41) is 20.2. The van der Waals surface area contributed by atoms with Crippen LogP contribution in [0.1, 0.15) is 34.8 Å². The van der Waals surface area contributed by atoms with Gasteiger partial charge in [0.05, 0.1) is 11.1 Å². The number of aromatic hydroxyl groups is 1. The monoisotopic (exact) mass is 482 g/mol. The molecule has 5 rings (SSSR count). The smallest absolute Gasteiger partial charge is 0.277 e. The van der Waals surface area contributed by atoms with Gasteiger partial charge in [-0.2, -0.15) is 0 Å². The molecule has 1 fully saturated rings. The molecule has 0 saturated carbocycles. The van der Waals surface area contributed by atoms with Crippen LogP contribution in [0.4, 0.5) is 13.2 Å². The van der Waals surface area contributed by atoms with Crippen molar-refractivity contribution in [2.75, 3.05) is 13.2 Å². The highest BCUT2D eigenvalue weighted by Gasteiger charge is 2.30. The molecule has 6 nitrogen and oxygen atoms in total. The van der Waals surface area contributed by atoms with Crippen molar-refractivity contribution in [1.29, 1.82) is 0 Å². The van der Waals surface area contributed by atoms with Crippen LogP contribution in [-0.4, -0.2) is 34.0 Å². The lowest BCUT2D eigenvalue weighted by atomic mass is 9.89. The highest BCUT2D eigenvalue weighted by molar-refractivity contribution is 6.04. The number of hydrogen-bond acceptors (Lipinski definition) is 4. The molecule has 0 radical (unpaired) electrons. The minimum absolute atomic E-state index is 0.0651. The lowest BCUT2D eigenvalue weighted by Gasteiger charge is -2.26. The van der Waals surface area contributed by atoms with E-state index in [1.807, 2.05) is 0 Å². The average Bonchev–Trinajstić information content (AvgIpc) is 3.22. The van der Waals surface area contributed by atoms with Crippen LogP contribution < -0.4 is 5.48 Å². The quantitative estimate of drug-likeness (QED) is 0.267. The van der Waals surface area contributed by atoms with Crippen LogP contribution >= 0.6 is 0 Å². The van der Waals surface area contributed by atoms with Crippen molar-refractivity contribution >= 4 is 16.8 Å². The zero-order chi connectivity index (χ0) is 24.7. The predicted octanol–water partition coefficient (Wildman–Crippen LogP) is 5.43. The molecule has 3 N–H and O–H groups in total. The third-order valence-electron chi connectivity index (χ3n) is 6.38. The predicted molar refractivity (Wildman–Crippen MR) is 122 cm³/mol. The largest absolute Gasteiger partial charge is 0.507 e. The Bertz CT molecular complexity index is 1440. The Hall–Kier alpha value is -3.82. The van der Waals surface area contributed by atoms with E-state index in [-0.39, 0.29) is 17.2 Å². The number of nitrogens with one attached hydrogen (secondary N) is 1. The molecular formula is C26H21F3N2O4. The molecule has 0 aliphatic carbocycles. The van der Waals surface area contributed by atoms with Gasteiger partial charge in [0.25, 0.3) is 5.91 Å². The number of ether oxygens (including phenoxy) is 1. The van der Waals surface area contributed by atoms with E-state index >= 15 is 0 Å². The van der Waals surface area contributed by atoms with Gasteiger partial charge in [-0.3, -0.25) is 10.0 Å². The molecule has 9 heteroatoms. The van der Waals surface area contributed by atoms with Crippen LogP contribution in [0.2, 0.25) is 0 Å². The highest BCUT2D eigenvalue weighted by Crippen LogP contribution is 2.46. The Balaban J connectivity index is 1.86. The molecule has 0 atom stereocenters. The molecule has 0 spiro atoms. The van der Waals surface area contributed by atoms with Gasteiger partial charge in [-0.15, -0.1) is 0 Å². The molecular weight excluding hydrogens is 461 g/mol. The lowest BCUT2D eigenvalue weighted by molar-refractivity contribution is 0.0702. The van der Waals surface area contributed by atoms with Crippen molar-refractivity contribution in [2.45, 2.75) is 18.8 Å². The molecule has 35 heavy (non-hydrogen) atoms. The van der Waals surface area contributed by atoms with E-state index in [0.29, 0.717) is 59.5 Å². The first kappa shape index (κ1) is 22.9. The van der Waals surface area contributed by atoms with Crippen molar-refractivity contribution in [1.82, 2.24) is 10.0 Å². The number of amides is 1. The first-order valence-electron chi connectivity index (χ1n) is 11.0. The maximum absolute atomic E-state index is 14.9. The van der Waals surface area contributed by atoms with E-state index in [9.17, 15) is 23.1 Å². The maximum atomic E-state index is 14.9. The summed E-state index contributed by atoms with van der Waals surface area (Å²) in [5.74, 6) is -4.02. The molecule has 1 amide bonds. The number of fused-ring (bicyclic) bond motifs is 1. The zero-order valence-corrected chi connectivity index (χ0v) is 18.4. The molecule has 1 saturated heterocycles. The van der Waals surface area contributed by atoms with Crippen molar-refractivity contribution in [3.8, 4) is 22.6 Å². The highest BCUT2D eigenvalue weighted by atomic mass is 19.2. The normalized spacial score (nSPS) is 14.4. The second-order valence-electron chi connectivity index (χ2n) is 8.39. The Labute approximate surface area is 198 Å². The van der Waals surface area contributed by atoms with E-state index in [1.54, 1.807) is 16.7 Å². The maximum Gasteiger partial charge on any atom is 0.277 e. The average molecular weight is 482 g/mol. The summed E-state index contributed by atoms with van der Waals surface area (Å²) >= 11 is 0. The van der Waals surface area contributed by atoms with Crippen LogP contribution in [0, 0.1) is 17.5 Å². The summed E-state index contributed by atoms with van der Waals surface area (Å²) in [6, 6.07) is 12.4. The lowest BCUT2D eigenvalue weighted by Crippen LogP contribution is -2.20. The summed E-state index contributed by atoms with van der Waals surface area (Å²) in [6.07, 6.45) is 1.25. The number of carbonyl (C=O) groups excluding carboxylic acids is 1. The number of hydroxylamine groups is 1. The molecule has 1 aliphatic heterocycles. The molecule has 1 aromatic heterocycles. The first-order valence-corrected chi connectivity index (χ1v) is 11.0. The summed E-state index contributed by atoms with van der Waals surface area (Å²) in [7, 11) is 0. The molecule has 0 bridgehead atoms. The van der Waals surface area contributed by atoms with Gasteiger partial charge in [0, 0.05) is 47.5 Å². The summed E-state index contributed by atoms with van der Waals surface area (Å²) in [5.41, 5.74) is 3.54. The molecule has 2 heterocycles. The Morgan fingerprint density at radius 1 is 0.971 bits per heavy atom. The number of benzene rings is 3. The number of halogens is 3. The van der Waals surface area contributed by atoms with E-state index < -0.39 is 23.4 Å². The number of nitrogens with zero attached hydrogens (tertiary/aromatic N) is 1. The fourth-order valence-electron chi connectivity index (χ4n) is 4.81. The van der Waals surface area contributed by atoms with Gasteiger partial charge in [-0.25, -0.2) is 18.7 Å². The number of phenols is 1. The van der Waals surface area contributed by atoms with Crippen molar-refractivity contribution in [3.05, 3.63) is 83.3 Å². The van der Waals surface area contributed by atoms with Gasteiger partial charge < -0.3 is 14.4 Å². The third-order valence-corrected chi connectivity index (χ3v) is 6.38. The molecule has 0 unspecified atom stereocenters. The van der Waals surface area contributed by atoms with Gasteiger partial charge >= 0.3 is 0 Å². The second-order valence-corrected chi connectivity index (χ2v) is 8.39. The Morgan fingerprint density at radius 3 is 2.43 bits per heavy atom. The first-order chi connectivity index (χ1) is 16.9. The van der Waals surface area contributed by atoms with Crippen LogP contribution in [0.15, 0.2) is 54.6 Å². The third kappa shape index (κ3) is 3.92. The molecule has 4 aromatic rings. The van der Waals surface area contributed by atoms with E-state index in [2.05, 4.69) is 0 Å². The van der Waals surface area contributed by atoms with Crippen molar-refractivity contribution < 1.29 is 33.0 Å². The fraction of sp³-hybridized carbons (Fsp3) is 0.192. The number of carbonyl (C=O) groups is 1. The van der Waals surface area contributed by atoms with Gasteiger partial charge in [0.1, 0.15) is 11.6 Å². The number of hydrogen-bond donors (Lipinski definition) is 3. The fourth-order valence-corrected chi connectivity index (χ4v) is 4.81. The topological polar surface area (TPSA) is 83.7 Å². The van der Waals surface area contributed by atoms with Crippen LogP contribution in [-0.2, 0) is 4.74 Å². The van der Waals surface area contributed by atoms with E-state index in [4.69, 9.17) is 9.94 Å². The summed E-state index contributed by atoms with van der Waals surface area (Å²) in [6.45, 7) is 0.971. The van der Waals surface area contributed by atoms with Crippen LogP contribution in [0.25, 0.3) is 27.7 Å². The number of aromatic nitrogens is 1. The van der Waals surface area contributed by atoms with Gasteiger partial charge in [-0.05, 0) is 54.8 Å². The molecule has 180 valence electrons. The molecule has 1 aliphatic rings. The zero-order valence-electron chi connectivity index (χ0n) is 18.4. The van der Waals surface area contributed by atoms with Gasteiger partial charge in [0.2, 0.25) is 0 Å². The minimum atomic E-state index is -1.02. The van der Waals surface area contributed by atoms with Crippen molar-refractivity contribution in [3.63, 3.8) is 0 Å². The summed E-state index contributed by atoms with van der Waals surface area (Å²) < 4.78 is 50.3. The van der Waals surface area contributed by atoms with Crippen molar-refractivity contribution in [2.24, 2.45) is 0 Å². The van der Waals surface area contributed by atoms with Crippen LogP contribution in [0.5, 0.6) is 5.75 Å². The summed E-state index contributed by atoms with van der Waals surface area (Å²) in [4.78, 5) is 11.8. The minimum Gasteiger partial charge on any atom is -0.507 e. The Kier molecular flexibility index (Phi) is 5.96.